The van der Waals surface area contributed by atoms with Gasteiger partial charge < -0.3 is 20.2 Å². The number of piperazine rings is 1. The second-order valence-corrected chi connectivity index (χ2v) is 7.02. The first-order valence-corrected chi connectivity index (χ1v) is 9.39. The third-order valence-corrected chi connectivity index (χ3v) is 4.91. The lowest BCUT2D eigenvalue weighted by Gasteiger charge is -2.38. The zero-order valence-electron chi connectivity index (χ0n) is 15.6. The van der Waals surface area contributed by atoms with Crippen LogP contribution in [0.1, 0.15) is 6.92 Å². The topological polar surface area (TPSA) is 72.9 Å². The number of amides is 1. The van der Waals surface area contributed by atoms with Crippen LogP contribution in [0.3, 0.4) is 0 Å². The fourth-order valence-electron chi connectivity index (χ4n) is 3.18. The highest BCUT2D eigenvalue weighted by Crippen LogP contribution is 2.28. The Morgan fingerprint density at radius 1 is 1.00 bits per heavy atom. The molecule has 2 aromatic carbocycles. The van der Waals surface area contributed by atoms with Crippen molar-refractivity contribution in [3.8, 4) is 0 Å². The van der Waals surface area contributed by atoms with Crippen molar-refractivity contribution in [1.82, 2.24) is 0 Å². The summed E-state index contributed by atoms with van der Waals surface area (Å²) < 4.78 is 0. The van der Waals surface area contributed by atoms with E-state index >= 15 is 0 Å². The van der Waals surface area contributed by atoms with Gasteiger partial charge >= 0.3 is 5.97 Å². The van der Waals surface area contributed by atoms with Crippen molar-refractivity contribution in [3.05, 3.63) is 65.2 Å². The number of rotatable bonds is 5. The third-order valence-electron chi connectivity index (χ3n) is 4.66. The van der Waals surface area contributed by atoms with E-state index < -0.39 is 11.9 Å². The average molecular weight is 400 g/mol. The van der Waals surface area contributed by atoms with Crippen molar-refractivity contribution < 1.29 is 14.7 Å². The van der Waals surface area contributed by atoms with Gasteiger partial charge in [-0.2, -0.15) is 0 Å². The Morgan fingerprint density at radius 2 is 1.61 bits per heavy atom. The van der Waals surface area contributed by atoms with Crippen molar-refractivity contribution in [3.63, 3.8) is 0 Å². The van der Waals surface area contributed by atoms with Gasteiger partial charge in [-0.15, -0.1) is 0 Å². The maximum atomic E-state index is 12.3. The van der Waals surface area contributed by atoms with Gasteiger partial charge in [0.25, 0.3) is 5.91 Å². The monoisotopic (exact) mass is 399 g/mol. The number of benzene rings is 2. The van der Waals surface area contributed by atoms with E-state index in [0.29, 0.717) is 5.69 Å². The lowest BCUT2D eigenvalue weighted by atomic mass is 10.2. The number of nitrogens with zero attached hydrogens (tertiary/aromatic N) is 2. The zero-order valence-corrected chi connectivity index (χ0v) is 16.3. The third kappa shape index (κ3) is 4.84. The van der Waals surface area contributed by atoms with Crippen LogP contribution in [-0.2, 0) is 9.59 Å². The first-order chi connectivity index (χ1) is 13.4. The van der Waals surface area contributed by atoms with Crippen molar-refractivity contribution in [2.75, 3.05) is 41.3 Å². The number of carbonyl (C=O) groups excluding carboxylic acids is 1. The van der Waals surface area contributed by atoms with Crippen molar-refractivity contribution in [2.24, 2.45) is 0 Å². The molecule has 0 saturated carbocycles. The summed E-state index contributed by atoms with van der Waals surface area (Å²) in [6.45, 7) is 4.79. The molecule has 0 atom stereocenters. The van der Waals surface area contributed by atoms with E-state index in [1.807, 2.05) is 48.5 Å². The molecule has 2 aromatic rings. The summed E-state index contributed by atoms with van der Waals surface area (Å²) in [5, 5.41) is 12.4. The van der Waals surface area contributed by atoms with E-state index in [4.69, 9.17) is 16.7 Å². The van der Waals surface area contributed by atoms with Gasteiger partial charge in [-0.25, -0.2) is 4.79 Å². The highest BCUT2D eigenvalue weighted by atomic mass is 35.5. The van der Waals surface area contributed by atoms with Gasteiger partial charge in [0, 0.05) is 48.5 Å². The molecule has 0 aromatic heterocycles. The van der Waals surface area contributed by atoms with Crippen LogP contribution in [0.5, 0.6) is 0 Å². The summed E-state index contributed by atoms with van der Waals surface area (Å²) in [5.41, 5.74) is 2.88. The molecule has 0 spiro atoms. The summed E-state index contributed by atoms with van der Waals surface area (Å²) in [6, 6.07) is 15.4. The summed E-state index contributed by atoms with van der Waals surface area (Å²) in [7, 11) is 0. The number of anilines is 3. The van der Waals surface area contributed by atoms with E-state index in [-0.39, 0.29) is 5.57 Å². The number of nitrogens with one attached hydrogen (secondary N) is 1. The molecular weight excluding hydrogens is 378 g/mol. The predicted octanol–water partition coefficient (Wildman–Crippen LogP) is 3.64. The average Bonchev–Trinajstić information content (AvgIpc) is 2.69. The Labute approximate surface area is 169 Å². The highest BCUT2D eigenvalue weighted by molar-refractivity contribution is 6.30. The minimum atomic E-state index is -1.14. The van der Waals surface area contributed by atoms with Crippen molar-refractivity contribution in [2.45, 2.75) is 6.92 Å². The van der Waals surface area contributed by atoms with Gasteiger partial charge in [-0.05, 0) is 43.3 Å². The molecule has 0 unspecified atom stereocenters. The SMILES string of the molecule is C/C(=C/C(=O)O)C(=O)Nc1ccccc1N1CCN(c2ccc(Cl)cc2)CC1. The van der Waals surface area contributed by atoms with Gasteiger partial charge in [0.2, 0.25) is 0 Å². The van der Waals surface area contributed by atoms with Crippen LogP contribution >= 0.6 is 11.6 Å². The number of hydrogen-bond donors (Lipinski definition) is 2. The lowest BCUT2D eigenvalue weighted by Crippen LogP contribution is -2.46. The maximum absolute atomic E-state index is 12.3. The van der Waals surface area contributed by atoms with Gasteiger partial charge in [-0.3, -0.25) is 4.79 Å². The van der Waals surface area contributed by atoms with E-state index in [2.05, 4.69) is 15.1 Å². The molecule has 6 nitrogen and oxygen atoms in total. The molecule has 146 valence electrons. The molecule has 2 N–H and O–H groups in total. The van der Waals surface area contributed by atoms with Crippen LogP contribution < -0.4 is 15.1 Å². The summed E-state index contributed by atoms with van der Waals surface area (Å²) in [5.74, 6) is -1.56. The minimum absolute atomic E-state index is 0.148. The predicted molar refractivity (Wildman–Crippen MR) is 112 cm³/mol. The Morgan fingerprint density at radius 3 is 2.25 bits per heavy atom. The van der Waals surface area contributed by atoms with E-state index in [1.165, 1.54) is 6.92 Å². The number of carboxylic acids is 1. The zero-order chi connectivity index (χ0) is 20.1. The minimum Gasteiger partial charge on any atom is -0.478 e. The number of carboxylic acid groups (broad SMARTS) is 1. The van der Waals surface area contributed by atoms with Crippen molar-refractivity contribution in [1.29, 1.82) is 0 Å². The van der Waals surface area contributed by atoms with Crippen LogP contribution in [-0.4, -0.2) is 43.2 Å². The molecule has 1 heterocycles. The van der Waals surface area contributed by atoms with Gasteiger partial charge in [0.15, 0.2) is 0 Å². The Balaban J connectivity index is 1.69. The second-order valence-electron chi connectivity index (χ2n) is 6.59. The van der Waals surface area contributed by atoms with Crippen LogP contribution in [0.2, 0.25) is 5.02 Å². The molecule has 1 aliphatic rings. The number of aliphatic carboxylic acids is 1. The van der Waals surface area contributed by atoms with Gasteiger partial charge in [-0.1, -0.05) is 23.7 Å². The lowest BCUT2D eigenvalue weighted by molar-refractivity contribution is -0.131. The maximum Gasteiger partial charge on any atom is 0.328 e. The number of hydrogen-bond acceptors (Lipinski definition) is 4. The molecule has 0 bridgehead atoms. The van der Waals surface area contributed by atoms with E-state index in [0.717, 1.165) is 48.7 Å². The molecular formula is C21H22ClN3O3. The Bertz CT molecular complexity index is 888. The smallest absolute Gasteiger partial charge is 0.328 e. The molecule has 1 aliphatic heterocycles. The Hall–Kier alpha value is -2.99. The molecule has 3 rings (SSSR count). The summed E-state index contributed by atoms with van der Waals surface area (Å²) >= 11 is 5.96. The van der Waals surface area contributed by atoms with Crippen molar-refractivity contribution >= 4 is 40.5 Å². The number of carbonyl (C=O) groups is 2. The van der Waals surface area contributed by atoms with E-state index in [9.17, 15) is 9.59 Å². The quantitative estimate of drug-likeness (QED) is 0.751. The Kier molecular flexibility index (Phi) is 6.21. The molecule has 1 saturated heterocycles. The molecule has 7 heteroatoms. The standard InChI is InChI=1S/C21H22ClN3O3/c1-15(14-20(26)27)21(28)23-18-4-2-3-5-19(18)25-12-10-24(11-13-25)17-8-6-16(22)7-9-17/h2-9,14H,10-13H2,1H3,(H,23,28)(H,26,27)/b15-14-. The first-order valence-electron chi connectivity index (χ1n) is 9.01. The van der Waals surface area contributed by atoms with Crippen LogP contribution in [0.4, 0.5) is 17.1 Å². The molecule has 0 radical (unpaired) electrons. The van der Waals surface area contributed by atoms with Crippen LogP contribution in [0.25, 0.3) is 0 Å². The summed E-state index contributed by atoms with van der Waals surface area (Å²) in [4.78, 5) is 27.6. The first kappa shape index (κ1) is 19.8. The second kappa shape index (κ2) is 8.80. The largest absolute Gasteiger partial charge is 0.478 e. The fraction of sp³-hybridized carbons (Fsp3) is 0.238. The molecule has 28 heavy (non-hydrogen) atoms. The number of para-hydroxylation sites is 2. The van der Waals surface area contributed by atoms with Gasteiger partial charge in [0.05, 0.1) is 11.4 Å². The molecule has 1 fully saturated rings. The number of halogens is 1. The van der Waals surface area contributed by atoms with E-state index in [1.54, 1.807) is 0 Å². The normalized spacial score (nSPS) is 14.7. The fourth-order valence-corrected chi connectivity index (χ4v) is 3.31. The molecule has 1 amide bonds. The molecule has 0 aliphatic carbocycles. The van der Waals surface area contributed by atoms with Crippen LogP contribution in [0, 0.1) is 0 Å². The van der Waals surface area contributed by atoms with Gasteiger partial charge in [0.1, 0.15) is 0 Å². The summed E-state index contributed by atoms with van der Waals surface area (Å²) in [6.07, 6.45) is 0.906. The highest BCUT2D eigenvalue weighted by Gasteiger charge is 2.20. The van der Waals surface area contributed by atoms with Crippen LogP contribution in [0.15, 0.2) is 60.2 Å².